The molecule has 8 nitrogen and oxygen atoms in total. The van der Waals surface area contributed by atoms with E-state index in [0.717, 1.165) is 17.8 Å². The standard InChI is InChI=1S/C21H22F3N4O4/c1-2-8-25-20(29)32-17-5-3-4-16(14-17)26-9-11-27(12-10-26)18-7-6-15(21(22,23)24)13-19(18)28(30)31/h3-7,13-14H,1-2,8-12H2,(H,25,29). The van der Waals surface area contributed by atoms with Gasteiger partial charge in [-0.2, -0.15) is 13.2 Å². The van der Waals surface area contributed by atoms with Crippen LogP contribution in [0.25, 0.3) is 0 Å². The first-order valence-electron chi connectivity index (χ1n) is 9.89. The molecule has 1 amide bonds. The van der Waals surface area contributed by atoms with Gasteiger partial charge in [-0.25, -0.2) is 4.79 Å². The minimum absolute atomic E-state index is 0.154. The third-order valence-corrected chi connectivity index (χ3v) is 4.96. The topological polar surface area (TPSA) is 88.0 Å². The minimum Gasteiger partial charge on any atom is -0.410 e. The van der Waals surface area contributed by atoms with Crippen LogP contribution in [0.1, 0.15) is 12.0 Å². The van der Waals surface area contributed by atoms with E-state index < -0.39 is 28.4 Å². The van der Waals surface area contributed by atoms with Gasteiger partial charge >= 0.3 is 12.3 Å². The summed E-state index contributed by atoms with van der Waals surface area (Å²) >= 11 is 0. The molecule has 1 radical (unpaired) electrons. The van der Waals surface area contributed by atoms with Crippen molar-refractivity contribution in [2.75, 3.05) is 42.5 Å². The Kier molecular flexibility index (Phi) is 7.06. The van der Waals surface area contributed by atoms with Crippen LogP contribution in [0.4, 0.5) is 35.0 Å². The number of rotatable bonds is 6. The number of carbonyl (C=O) groups is 1. The maximum Gasteiger partial charge on any atom is 0.416 e. The van der Waals surface area contributed by atoms with Gasteiger partial charge in [0.15, 0.2) is 0 Å². The van der Waals surface area contributed by atoms with Crippen molar-refractivity contribution in [3.63, 3.8) is 0 Å². The van der Waals surface area contributed by atoms with Crippen molar-refractivity contribution in [2.45, 2.75) is 12.6 Å². The zero-order valence-corrected chi connectivity index (χ0v) is 17.1. The smallest absolute Gasteiger partial charge is 0.410 e. The molecule has 1 fully saturated rings. The van der Waals surface area contributed by atoms with Gasteiger partial charge < -0.3 is 19.9 Å². The number of ether oxygens (including phenoxy) is 1. The van der Waals surface area contributed by atoms with E-state index in [9.17, 15) is 28.1 Å². The molecule has 2 aromatic rings. The molecule has 2 aromatic carbocycles. The van der Waals surface area contributed by atoms with E-state index in [1.807, 2.05) is 11.0 Å². The van der Waals surface area contributed by atoms with Crippen molar-refractivity contribution < 1.29 is 27.6 Å². The van der Waals surface area contributed by atoms with E-state index in [1.165, 1.54) is 0 Å². The van der Waals surface area contributed by atoms with Crippen molar-refractivity contribution in [3.8, 4) is 5.75 Å². The predicted octanol–water partition coefficient (Wildman–Crippen LogP) is 4.25. The molecular weight excluding hydrogens is 429 g/mol. The number of hydrogen-bond donors (Lipinski definition) is 1. The molecule has 3 rings (SSSR count). The SMILES string of the molecule is [CH2]CCNC(=O)Oc1cccc(N2CCN(c3ccc(C(F)(F)F)cc3[N+](=O)[O-])CC2)c1. The molecule has 0 aliphatic carbocycles. The second-order valence-corrected chi connectivity index (χ2v) is 7.10. The number of hydrogen-bond acceptors (Lipinski definition) is 6. The average molecular weight is 451 g/mol. The number of piperazine rings is 1. The quantitative estimate of drug-likeness (QED) is 0.522. The van der Waals surface area contributed by atoms with Gasteiger partial charge in [0.05, 0.1) is 10.5 Å². The Labute approximate surface area is 182 Å². The number of nitro groups is 1. The molecule has 0 spiro atoms. The summed E-state index contributed by atoms with van der Waals surface area (Å²) in [5.74, 6) is 0.366. The van der Waals surface area contributed by atoms with Crippen molar-refractivity contribution in [2.24, 2.45) is 0 Å². The predicted molar refractivity (Wildman–Crippen MR) is 113 cm³/mol. The van der Waals surface area contributed by atoms with Crippen LogP contribution < -0.4 is 19.9 Å². The second-order valence-electron chi connectivity index (χ2n) is 7.10. The summed E-state index contributed by atoms with van der Waals surface area (Å²) in [4.78, 5) is 26.0. The zero-order valence-electron chi connectivity index (χ0n) is 17.1. The van der Waals surface area contributed by atoms with Gasteiger partial charge in [-0.1, -0.05) is 13.0 Å². The Morgan fingerprint density at radius 2 is 1.81 bits per heavy atom. The fourth-order valence-corrected chi connectivity index (χ4v) is 3.40. The third-order valence-electron chi connectivity index (χ3n) is 4.96. The van der Waals surface area contributed by atoms with Gasteiger partial charge in [0.25, 0.3) is 5.69 Å². The van der Waals surface area contributed by atoms with Crippen LogP contribution >= 0.6 is 0 Å². The van der Waals surface area contributed by atoms with Crippen molar-refractivity contribution >= 4 is 23.2 Å². The van der Waals surface area contributed by atoms with Gasteiger partial charge in [-0.15, -0.1) is 0 Å². The number of anilines is 2. The lowest BCUT2D eigenvalue weighted by Crippen LogP contribution is -2.46. The first-order chi connectivity index (χ1) is 15.2. The molecule has 171 valence electrons. The number of nitro benzene ring substituents is 1. The number of carbonyl (C=O) groups excluding carboxylic acids is 1. The lowest BCUT2D eigenvalue weighted by atomic mass is 10.1. The highest BCUT2D eigenvalue weighted by Crippen LogP contribution is 2.37. The first-order valence-corrected chi connectivity index (χ1v) is 9.89. The Balaban J connectivity index is 1.69. The molecule has 1 saturated heterocycles. The first kappa shape index (κ1) is 23.2. The molecule has 32 heavy (non-hydrogen) atoms. The largest absolute Gasteiger partial charge is 0.416 e. The minimum atomic E-state index is -4.65. The number of halogens is 3. The number of alkyl halides is 3. The second kappa shape index (κ2) is 9.75. The molecule has 1 heterocycles. The summed E-state index contributed by atoms with van der Waals surface area (Å²) in [6.07, 6.45) is -4.69. The molecule has 0 atom stereocenters. The fourth-order valence-electron chi connectivity index (χ4n) is 3.40. The number of benzene rings is 2. The van der Waals surface area contributed by atoms with Crippen LogP contribution in [0.3, 0.4) is 0 Å². The van der Waals surface area contributed by atoms with Crippen LogP contribution in [0.5, 0.6) is 5.75 Å². The Hall–Kier alpha value is -3.50. The van der Waals surface area contributed by atoms with Crippen LogP contribution in [0, 0.1) is 17.0 Å². The molecule has 0 saturated carbocycles. The van der Waals surface area contributed by atoms with Gasteiger partial charge in [-0.3, -0.25) is 10.1 Å². The van der Waals surface area contributed by atoms with Crippen molar-refractivity contribution in [1.29, 1.82) is 0 Å². The lowest BCUT2D eigenvalue weighted by molar-refractivity contribution is -0.384. The van der Waals surface area contributed by atoms with Crippen molar-refractivity contribution in [3.05, 3.63) is 65.1 Å². The lowest BCUT2D eigenvalue weighted by Gasteiger charge is -2.37. The molecule has 1 N–H and O–H groups in total. The summed E-state index contributed by atoms with van der Waals surface area (Å²) in [5.41, 5.74) is -0.671. The molecule has 0 unspecified atom stereocenters. The number of nitrogens with zero attached hydrogens (tertiary/aromatic N) is 3. The highest BCUT2D eigenvalue weighted by molar-refractivity contribution is 5.71. The van der Waals surface area contributed by atoms with Gasteiger partial charge in [0.2, 0.25) is 0 Å². The molecule has 1 aliphatic heterocycles. The number of amides is 1. The Bertz CT molecular complexity index is 976. The van der Waals surface area contributed by atoms with Gasteiger partial charge in [0.1, 0.15) is 11.4 Å². The summed E-state index contributed by atoms with van der Waals surface area (Å²) in [6.45, 7) is 5.74. The molecule has 11 heteroatoms. The zero-order chi connectivity index (χ0) is 23.3. The van der Waals surface area contributed by atoms with E-state index >= 15 is 0 Å². The molecule has 0 aromatic heterocycles. The Morgan fingerprint density at radius 1 is 1.12 bits per heavy atom. The normalized spacial score (nSPS) is 14.2. The molecule has 0 bridgehead atoms. The van der Waals surface area contributed by atoms with E-state index in [0.29, 0.717) is 51.0 Å². The Morgan fingerprint density at radius 3 is 2.44 bits per heavy atom. The summed E-state index contributed by atoms with van der Waals surface area (Å²) in [7, 11) is 0. The maximum absolute atomic E-state index is 12.9. The monoisotopic (exact) mass is 451 g/mol. The van der Waals surface area contributed by atoms with Gasteiger partial charge in [-0.05, 0) is 30.7 Å². The van der Waals surface area contributed by atoms with Crippen LogP contribution in [-0.2, 0) is 6.18 Å². The van der Waals surface area contributed by atoms with E-state index in [2.05, 4.69) is 12.2 Å². The highest BCUT2D eigenvalue weighted by Gasteiger charge is 2.34. The van der Waals surface area contributed by atoms with Crippen LogP contribution in [-0.4, -0.2) is 43.7 Å². The van der Waals surface area contributed by atoms with Crippen LogP contribution in [0.2, 0.25) is 0 Å². The fraction of sp³-hybridized carbons (Fsp3) is 0.333. The summed E-state index contributed by atoms with van der Waals surface area (Å²) in [6, 6.07) is 9.52. The summed E-state index contributed by atoms with van der Waals surface area (Å²) in [5, 5.41) is 13.9. The maximum atomic E-state index is 12.9. The van der Waals surface area contributed by atoms with E-state index in [4.69, 9.17) is 4.74 Å². The van der Waals surface area contributed by atoms with E-state index in [-0.39, 0.29) is 5.69 Å². The van der Waals surface area contributed by atoms with E-state index in [1.54, 1.807) is 23.1 Å². The molecular formula is C21H22F3N4O4. The summed E-state index contributed by atoms with van der Waals surface area (Å²) < 4.78 is 44.0. The third kappa shape index (κ3) is 5.59. The average Bonchev–Trinajstić information content (AvgIpc) is 2.77. The van der Waals surface area contributed by atoms with Gasteiger partial charge in [0, 0.05) is 50.5 Å². The van der Waals surface area contributed by atoms with Crippen molar-refractivity contribution in [1.82, 2.24) is 5.32 Å². The highest BCUT2D eigenvalue weighted by atomic mass is 19.4. The molecule has 1 aliphatic rings. The number of nitrogens with one attached hydrogen (secondary N) is 1. The van der Waals surface area contributed by atoms with Crippen LogP contribution in [0.15, 0.2) is 42.5 Å².